The van der Waals surface area contributed by atoms with E-state index in [-0.39, 0.29) is 20.1 Å². The SMILES string of the molecule is [Ir].[c-]1ccc(-c2ccc3oc(-c4ccccc4)cc3c2)cc1-c1ncccc1-c1ccccc1.[c-]1ccccc1-c1ccccn1. The molecule has 5 aromatic carbocycles. The molecule has 4 heteroatoms. The number of fused-ring (bicyclic) bond motifs is 1. The van der Waals surface area contributed by atoms with Gasteiger partial charge in [0.25, 0.3) is 0 Å². The predicted octanol–water partition coefficient (Wildman–Crippen LogP) is 10.8. The van der Waals surface area contributed by atoms with Gasteiger partial charge in [-0.25, -0.2) is 0 Å². The van der Waals surface area contributed by atoms with Crippen LogP contribution in [0, 0.1) is 12.1 Å². The van der Waals surface area contributed by atoms with Crippen molar-refractivity contribution >= 4 is 11.0 Å². The maximum atomic E-state index is 6.09. The van der Waals surface area contributed by atoms with Gasteiger partial charge < -0.3 is 14.4 Å². The number of benzene rings is 5. The summed E-state index contributed by atoms with van der Waals surface area (Å²) in [7, 11) is 0. The maximum Gasteiger partial charge on any atom is 0.135 e. The summed E-state index contributed by atoms with van der Waals surface area (Å²) in [6.07, 6.45) is 3.63. The molecule has 223 valence electrons. The fourth-order valence-electron chi connectivity index (χ4n) is 5.30. The Hall–Kier alpha value is -5.41. The average Bonchev–Trinajstić information content (AvgIpc) is 3.57. The molecule has 0 aliphatic rings. The molecule has 0 fully saturated rings. The van der Waals surface area contributed by atoms with E-state index < -0.39 is 0 Å². The first-order valence-corrected chi connectivity index (χ1v) is 14.8. The van der Waals surface area contributed by atoms with Crippen LogP contribution in [0.1, 0.15) is 0 Å². The molecule has 0 N–H and O–H groups in total. The van der Waals surface area contributed by atoms with Crippen LogP contribution >= 0.6 is 0 Å². The first kappa shape index (κ1) is 30.6. The van der Waals surface area contributed by atoms with E-state index in [0.29, 0.717) is 0 Å². The van der Waals surface area contributed by atoms with Crippen LogP contribution in [0.15, 0.2) is 175 Å². The Morgan fingerprint density at radius 3 is 1.96 bits per heavy atom. The quantitative estimate of drug-likeness (QED) is 0.164. The van der Waals surface area contributed by atoms with E-state index in [4.69, 9.17) is 9.40 Å². The van der Waals surface area contributed by atoms with Crippen molar-refractivity contribution in [3.05, 3.63) is 182 Å². The van der Waals surface area contributed by atoms with E-state index in [9.17, 15) is 0 Å². The first-order chi connectivity index (χ1) is 22.3. The Kier molecular flexibility index (Phi) is 9.70. The molecule has 0 amide bonds. The van der Waals surface area contributed by atoms with E-state index in [2.05, 4.69) is 89.9 Å². The molecule has 0 saturated carbocycles. The van der Waals surface area contributed by atoms with Crippen molar-refractivity contribution in [1.82, 2.24) is 9.97 Å². The summed E-state index contributed by atoms with van der Waals surface area (Å²) in [6, 6.07) is 59.5. The van der Waals surface area contributed by atoms with Gasteiger partial charge in [-0.15, -0.1) is 71.3 Å². The number of pyridine rings is 2. The summed E-state index contributed by atoms with van der Waals surface area (Å²) in [5, 5.41) is 1.09. The Labute approximate surface area is 282 Å². The fraction of sp³-hybridized carbons (Fsp3) is 0. The minimum absolute atomic E-state index is 0. The summed E-state index contributed by atoms with van der Waals surface area (Å²) in [6.45, 7) is 0. The monoisotopic (exact) mass is 769 g/mol. The van der Waals surface area contributed by atoms with Crippen LogP contribution in [-0.2, 0) is 20.1 Å². The number of aromatic nitrogens is 2. The second-order valence-corrected chi connectivity index (χ2v) is 10.5. The van der Waals surface area contributed by atoms with Crippen LogP contribution in [0.3, 0.4) is 0 Å². The molecule has 0 aliphatic heterocycles. The van der Waals surface area contributed by atoms with E-state index in [1.807, 2.05) is 91.1 Å². The van der Waals surface area contributed by atoms with Gasteiger partial charge in [0.15, 0.2) is 0 Å². The van der Waals surface area contributed by atoms with Gasteiger partial charge in [0.05, 0.1) is 0 Å². The molecule has 8 rings (SSSR count). The van der Waals surface area contributed by atoms with Gasteiger partial charge >= 0.3 is 0 Å². The van der Waals surface area contributed by atoms with Crippen LogP contribution in [0.5, 0.6) is 0 Å². The van der Waals surface area contributed by atoms with Crippen LogP contribution < -0.4 is 0 Å². The Bertz CT molecular complexity index is 2110. The zero-order valence-corrected chi connectivity index (χ0v) is 27.2. The van der Waals surface area contributed by atoms with Gasteiger partial charge in [0.2, 0.25) is 0 Å². The molecule has 0 bridgehead atoms. The van der Waals surface area contributed by atoms with Gasteiger partial charge in [0, 0.05) is 43.4 Å². The third-order valence-electron chi connectivity index (χ3n) is 7.51. The van der Waals surface area contributed by atoms with Gasteiger partial charge in [-0.2, -0.15) is 0 Å². The Balaban J connectivity index is 0.000000241. The standard InChI is InChI=1S/C31H20NO.C11H8N.Ir/c1-3-9-22(10-4-1)28-15-8-18-32-31(28)26-14-7-13-24(19-26)25-16-17-29-27(20-25)21-30(33-29)23-11-5-2-6-12-23;1-2-6-10(7-3-1)11-8-4-5-9-12-11;/h1-13,15-21H;1-6,8-9H;/q2*-1;. The summed E-state index contributed by atoms with van der Waals surface area (Å²) in [5.74, 6) is 0.880. The molecule has 8 aromatic rings. The number of furan rings is 1. The van der Waals surface area contributed by atoms with E-state index in [1.165, 1.54) is 0 Å². The maximum absolute atomic E-state index is 6.09. The summed E-state index contributed by atoms with van der Waals surface area (Å²) >= 11 is 0. The molecule has 3 nitrogen and oxygen atoms in total. The van der Waals surface area contributed by atoms with Crippen molar-refractivity contribution in [3.8, 4) is 56.1 Å². The van der Waals surface area contributed by atoms with E-state index >= 15 is 0 Å². The van der Waals surface area contributed by atoms with Crippen molar-refractivity contribution in [3.63, 3.8) is 0 Å². The molecule has 0 atom stereocenters. The van der Waals surface area contributed by atoms with Crippen molar-refractivity contribution < 1.29 is 24.5 Å². The molecule has 0 unspecified atom stereocenters. The van der Waals surface area contributed by atoms with Crippen molar-refractivity contribution in [2.45, 2.75) is 0 Å². The van der Waals surface area contributed by atoms with Crippen LogP contribution in [0.25, 0.3) is 67.1 Å². The van der Waals surface area contributed by atoms with Gasteiger partial charge in [-0.3, -0.25) is 0 Å². The van der Waals surface area contributed by atoms with Crippen LogP contribution in [-0.4, -0.2) is 9.97 Å². The molecular formula is C42H28IrN2O-2. The third-order valence-corrected chi connectivity index (χ3v) is 7.51. The number of rotatable bonds is 5. The Morgan fingerprint density at radius 1 is 0.478 bits per heavy atom. The molecule has 3 aromatic heterocycles. The van der Waals surface area contributed by atoms with Crippen molar-refractivity contribution in [2.75, 3.05) is 0 Å². The zero-order chi connectivity index (χ0) is 30.3. The first-order valence-electron chi connectivity index (χ1n) is 14.8. The zero-order valence-electron chi connectivity index (χ0n) is 24.8. The minimum atomic E-state index is 0. The summed E-state index contributed by atoms with van der Waals surface area (Å²) in [4.78, 5) is 8.92. The third kappa shape index (κ3) is 6.95. The molecule has 3 heterocycles. The van der Waals surface area contributed by atoms with Crippen LogP contribution in [0.4, 0.5) is 0 Å². The fourth-order valence-corrected chi connectivity index (χ4v) is 5.30. The summed E-state index contributed by atoms with van der Waals surface area (Å²) in [5.41, 5.74) is 10.4. The van der Waals surface area contributed by atoms with Gasteiger partial charge in [0.1, 0.15) is 11.3 Å². The Morgan fingerprint density at radius 2 is 1.20 bits per heavy atom. The van der Waals surface area contributed by atoms with Gasteiger partial charge in [-0.05, 0) is 58.4 Å². The normalized spacial score (nSPS) is 10.4. The van der Waals surface area contributed by atoms with Crippen molar-refractivity contribution in [1.29, 1.82) is 0 Å². The largest absolute Gasteiger partial charge is 0.456 e. The second kappa shape index (κ2) is 14.6. The van der Waals surface area contributed by atoms with Gasteiger partial charge in [-0.1, -0.05) is 84.9 Å². The predicted molar refractivity (Wildman–Crippen MR) is 183 cm³/mol. The summed E-state index contributed by atoms with van der Waals surface area (Å²) < 4.78 is 6.09. The van der Waals surface area contributed by atoms with E-state index in [0.717, 1.165) is 67.1 Å². The molecule has 0 spiro atoms. The van der Waals surface area contributed by atoms with Crippen LogP contribution in [0.2, 0.25) is 0 Å². The number of hydrogen-bond donors (Lipinski definition) is 0. The second-order valence-electron chi connectivity index (χ2n) is 10.5. The smallest absolute Gasteiger partial charge is 0.135 e. The minimum Gasteiger partial charge on any atom is -0.456 e. The molecule has 46 heavy (non-hydrogen) atoms. The number of nitrogens with zero attached hydrogens (tertiary/aromatic N) is 2. The molecule has 0 saturated heterocycles. The molecule has 0 aliphatic carbocycles. The molecule has 1 radical (unpaired) electrons. The topological polar surface area (TPSA) is 38.9 Å². The average molecular weight is 769 g/mol. The van der Waals surface area contributed by atoms with E-state index in [1.54, 1.807) is 6.20 Å². The van der Waals surface area contributed by atoms with Crippen molar-refractivity contribution in [2.24, 2.45) is 0 Å². The molecular weight excluding hydrogens is 741 g/mol. The number of hydrogen-bond acceptors (Lipinski definition) is 3.